The van der Waals surface area contributed by atoms with Crippen LogP contribution in [0.15, 0.2) is 54.6 Å². The van der Waals surface area contributed by atoms with E-state index in [2.05, 4.69) is 4.98 Å². The Balaban J connectivity index is 2.39. The topological polar surface area (TPSA) is 43.1 Å². The number of rotatable bonds is 2. The van der Waals surface area contributed by atoms with E-state index >= 15 is 0 Å². The molecule has 0 spiro atoms. The number of hydrogen-bond acceptors (Lipinski definition) is 3. The lowest BCUT2D eigenvalue weighted by Gasteiger charge is -2.16. The first-order valence-electron chi connectivity index (χ1n) is 6.43. The van der Waals surface area contributed by atoms with Gasteiger partial charge in [-0.2, -0.15) is 4.73 Å². The summed E-state index contributed by atoms with van der Waals surface area (Å²) in [6.45, 7) is 0. The summed E-state index contributed by atoms with van der Waals surface area (Å²) in [4.78, 5) is 6.48. The lowest BCUT2D eigenvalue weighted by atomic mass is 10.1. The fourth-order valence-electron chi connectivity index (χ4n) is 2.26. The molecule has 0 bridgehead atoms. The summed E-state index contributed by atoms with van der Waals surface area (Å²) >= 11 is 0. The smallest absolute Gasteiger partial charge is 0.267 e. The SMILES string of the molecule is CN(C)c1nc2ccccc2[n+]([O-])c1-c1ccccc1. The number of nitrogens with zero attached hydrogens (tertiary/aromatic N) is 3. The first kappa shape index (κ1) is 12.4. The molecule has 0 N–H and O–H groups in total. The molecule has 20 heavy (non-hydrogen) atoms. The molecule has 1 heterocycles. The molecule has 0 saturated heterocycles. The van der Waals surface area contributed by atoms with Crippen molar-refractivity contribution in [1.82, 2.24) is 4.98 Å². The predicted octanol–water partition coefficient (Wildman–Crippen LogP) is 2.60. The molecule has 2 aromatic carbocycles. The van der Waals surface area contributed by atoms with Gasteiger partial charge in [0, 0.05) is 20.2 Å². The van der Waals surface area contributed by atoms with Crippen molar-refractivity contribution in [2.24, 2.45) is 0 Å². The van der Waals surface area contributed by atoms with E-state index in [1.54, 1.807) is 6.07 Å². The summed E-state index contributed by atoms with van der Waals surface area (Å²) in [6, 6.07) is 17.0. The number of hydrogen-bond donors (Lipinski definition) is 0. The number of aromatic nitrogens is 2. The van der Waals surface area contributed by atoms with Gasteiger partial charge in [0.1, 0.15) is 5.52 Å². The van der Waals surface area contributed by atoms with E-state index in [9.17, 15) is 5.21 Å². The second-order valence-corrected chi connectivity index (χ2v) is 4.83. The zero-order valence-electron chi connectivity index (χ0n) is 11.4. The second-order valence-electron chi connectivity index (χ2n) is 4.83. The summed E-state index contributed by atoms with van der Waals surface area (Å²) in [5.74, 6) is 0.671. The Morgan fingerprint density at radius 2 is 1.60 bits per heavy atom. The van der Waals surface area contributed by atoms with Crippen LogP contribution in [0.3, 0.4) is 0 Å². The number of fused-ring (bicyclic) bond motifs is 1. The van der Waals surface area contributed by atoms with Crippen molar-refractivity contribution in [3.05, 3.63) is 59.8 Å². The van der Waals surface area contributed by atoms with Crippen molar-refractivity contribution in [2.75, 3.05) is 19.0 Å². The Morgan fingerprint density at radius 1 is 0.950 bits per heavy atom. The zero-order valence-corrected chi connectivity index (χ0v) is 11.4. The molecule has 0 aliphatic heterocycles. The second kappa shape index (κ2) is 4.81. The molecule has 3 rings (SSSR count). The third-order valence-electron chi connectivity index (χ3n) is 3.21. The lowest BCUT2D eigenvalue weighted by molar-refractivity contribution is -0.564. The van der Waals surface area contributed by atoms with Crippen LogP contribution in [-0.2, 0) is 0 Å². The van der Waals surface area contributed by atoms with E-state index in [1.165, 1.54) is 0 Å². The highest BCUT2D eigenvalue weighted by molar-refractivity contribution is 5.79. The number of anilines is 1. The Kier molecular flexibility index (Phi) is 2.99. The summed E-state index contributed by atoms with van der Waals surface area (Å²) in [5, 5.41) is 12.7. The third kappa shape index (κ3) is 1.95. The summed E-state index contributed by atoms with van der Waals surface area (Å²) in [6.07, 6.45) is 0. The van der Waals surface area contributed by atoms with Gasteiger partial charge < -0.3 is 10.1 Å². The third-order valence-corrected chi connectivity index (χ3v) is 3.21. The average molecular weight is 265 g/mol. The maximum atomic E-state index is 12.7. The Morgan fingerprint density at radius 3 is 2.30 bits per heavy atom. The van der Waals surface area contributed by atoms with Crippen molar-refractivity contribution in [3.8, 4) is 11.3 Å². The van der Waals surface area contributed by atoms with Gasteiger partial charge in [0.25, 0.3) is 5.69 Å². The maximum absolute atomic E-state index is 12.7. The Hall–Kier alpha value is -2.62. The lowest BCUT2D eigenvalue weighted by Crippen LogP contribution is -2.33. The minimum Gasteiger partial charge on any atom is -0.618 e. The molecule has 1 aromatic heterocycles. The molecule has 0 atom stereocenters. The molecule has 0 unspecified atom stereocenters. The van der Waals surface area contributed by atoms with Gasteiger partial charge in [0.15, 0.2) is 0 Å². The monoisotopic (exact) mass is 265 g/mol. The molecule has 0 aliphatic rings. The Bertz CT molecular complexity index is 754. The summed E-state index contributed by atoms with van der Waals surface area (Å²) in [5.41, 5.74) is 2.72. The highest BCUT2D eigenvalue weighted by Gasteiger charge is 2.21. The van der Waals surface area contributed by atoms with Gasteiger partial charge in [-0.05, 0) is 18.2 Å². The molecular weight excluding hydrogens is 250 g/mol. The van der Waals surface area contributed by atoms with Gasteiger partial charge in [0.2, 0.25) is 11.3 Å². The van der Waals surface area contributed by atoms with Gasteiger partial charge >= 0.3 is 0 Å². The summed E-state index contributed by atoms with van der Waals surface area (Å²) in [7, 11) is 3.78. The first-order valence-corrected chi connectivity index (χ1v) is 6.43. The molecule has 0 aliphatic carbocycles. The standard InChI is InChI=1S/C16H15N3O/c1-18(2)16-15(12-8-4-3-5-9-12)19(20)14-11-7-6-10-13(14)17-16/h3-11H,1-2H3. The van der Waals surface area contributed by atoms with Crippen LogP contribution in [0.5, 0.6) is 0 Å². The predicted molar refractivity (Wildman–Crippen MR) is 80.5 cm³/mol. The largest absolute Gasteiger partial charge is 0.618 e. The molecule has 4 heteroatoms. The van der Waals surface area contributed by atoms with Crippen molar-refractivity contribution < 1.29 is 4.73 Å². The van der Waals surface area contributed by atoms with E-state index in [1.807, 2.05) is 67.5 Å². The van der Waals surface area contributed by atoms with Crippen molar-refractivity contribution >= 4 is 16.9 Å². The van der Waals surface area contributed by atoms with Crippen LogP contribution in [-0.4, -0.2) is 19.1 Å². The van der Waals surface area contributed by atoms with Gasteiger partial charge in [-0.15, -0.1) is 0 Å². The molecule has 0 saturated carbocycles. The number of benzene rings is 2. The fraction of sp³-hybridized carbons (Fsp3) is 0.125. The van der Waals surface area contributed by atoms with Crippen molar-refractivity contribution in [1.29, 1.82) is 0 Å². The van der Waals surface area contributed by atoms with Gasteiger partial charge in [-0.25, -0.2) is 4.98 Å². The minimum atomic E-state index is 0.578. The van der Waals surface area contributed by atoms with Crippen LogP contribution in [0, 0.1) is 5.21 Å². The maximum Gasteiger partial charge on any atom is 0.267 e. The molecule has 3 aromatic rings. The van der Waals surface area contributed by atoms with E-state index in [0.717, 1.165) is 10.3 Å². The van der Waals surface area contributed by atoms with E-state index in [0.29, 0.717) is 22.5 Å². The Labute approximate surface area is 117 Å². The first-order chi connectivity index (χ1) is 9.68. The highest BCUT2D eigenvalue weighted by Crippen LogP contribution is 2.26. The van der Waals surface area contributed by atoms with Gasteiger partial charge in [-0.3, -0.25) is 0 Å². The average Bonchev–Trinajstić information content (AvgIpc) is 2.48. The van der Waals surface area contributed by atoms with Crippen LogP contribution in [0.2, 0.25) is 0 Å². The quantitative estimate of drug-likeness (QED) is 0.528. The molecule has 0 fully saturated rings. The van der Waals surface area contributed by atoms with Crippen LogP contribution in [0.4, 0.5) is 5.82 Å². The van der Waals surface area contributed by atoms with E-state index < -0.39 is 0 Å². The van der Waals surface area contributed by atoms with E-state index in [4.69, 9.17) is 0 Å². The molecule has 0 radical (unpaired) electrons. The van der Waals surface area contributed by atoms with Gasteiger partial charge in [0.05, 0.1) is 5.56 Å². The molecule has 100 valence electrons. The van der Waals surface area contributed by atoms with Crippen LogP contribution in [0.25, 0.3) is 22.3 Å². The van der Waals surface area contributed by atoms with Crippen molar-refractivity contribution in [2.45, 2.75) is 0 Å². The van der Waals surface area contributed by atoms with Crippen molar-refractivity contribution in [3.63, 3.8) is 0 Å². The molecule has 4 nitrogen and oxygen atoms in total. The van der Waals surface area contributed by atoms with E-state index in [-0.39, 0.29) is 0 Å². The summed E-state index contributed by atoms with van der Waals surface area (Å²) < 4.78 is 0.965. The number of para-hydroxylation sites is 2. The highest BCUT2D eigenvalue weighted by atomic mass is 16.5. The molecule has 0 amide bonds. The molecular formula is C16H15N3O. The minimum absolute atomic E-state index is 0.578. The fourth-order valence-corrected chi connectivity index (χ4v) is 2.26. The van der Waals surface area contributed by atoms with Crippen LogP contribution in [0.1, 0.15) is 0 Å². The normalized spacial score (nSPS) is 10.7. The van der Waals surface area contributed by atoms with Crippen LogP contribution < -0.4 is 9.63 Å². The van der Waals surface area contributed by atoms with Gasteiger partial charge in [-0.1, -0.05) is 30.3 Å². The van der Waals surface area contributed by atoms with Crippen LogP contribution >= 0.6 is 0 Å². The zero-order chi connectivity index (χ0) is 14.1.